The fourth-order valence-electron chi connectivity index (χ4n) is 1.61. The van der Waals surface area contributed by atoms with Crippen LogP contribution >= 0.6 is 0 Å². The third kappa shape index (κ3) is 5.71. The summed E-state index contributed by atoms with van der Waals surface area (Å²) in [4.78, 5) is 31.3. The molecule has 0 fully saturated rings. The van der Waals surface area contributed by atoms with Gasteiger partial charge in [0.25, 0.3) is 0 Å². The lowest BCUT2D eigenvalue weighted by Gasteiger charge is -2.03. The highest BCUT2D eigenvalue weighted by Crippen LogP contribution is 1.93. The minimum absolute atomic E-state index is 0.0202. The SMILES string of the molecule is N/C(=N\NC(=O)CC(=O)N/N=C(\N)c1ccccn1)c1ccccn1. The van der Waals surface area contributed by atoms with Crippen LogP contribution in [-0.2, 0) is 9.59 Å². The molecule has 10 nitrogen and oxygen atoms in total. The van der Waals surface area contributed by atoms with Gasteiger partial charge < -0.3 is 11.5 Å². The van der Waals surface area contributed by atoms with E-state index in [0.29, 0.717) is 11.4 Å². The number of hydrogen-bond acceptors (Lipinski definition) is 6. The lowest BCUT2D eigenvalue weighted by Crippen LogP contribution is -2.30. The van der Waals surface area contributed by atoms with E-state index in [0.717, 1.165) is 0 Å². The maximum absolute atomic E-state index is 11.7. The first-order valence-electron chi connectivity index (χ1n) is 7.13. The molecular weight excluding hydrogens is 324 g/mol. The molecule has 0 atom stereocenters. The number of nitrogens with zero attached hydrogens (tertiary/aromatic N) is 4. The molecule has 0 spiro atoms. The second-order valence-corrected chi connectivity index (χ2v) is 4.67. The van der Waals surface area contributed by atoms with Crippen molar-refractivity contribution in [3.05, 3.63) is 60.2 Å². The topological polar surface area (TPSA) is 161 Å². The largest absolute Gasteiger partial charge is 0.380 e. The fraction of sp³-hybridized carbons (Fsp3) is 0.0667. The number of rotatable bonds is 6. The van der Waals surface area contributed by atoms with E-state index in [4.69, 9.17) is 11.5 Å². The Kier molecular flexibility index (Phi) is 6.11. The van der Waals surface area contributed by atoms with Gasteiger partial charge in [-0.1, -0.05) is 12.1 Å². The summed E-state index contributed by atoms with van der Waals surface area (Å²) in [6.07, 6.45) is 2.58. The molecule has 0 aliphatic carbocycles. The van der Waals surface area contributed by atoms with E-state index in [9.17, 15) is 9.59 Å². The van der Waals surface area contributed by atoms with Crippen LogP contribution in [0.25, 0.3) is 0 Å². The number of carbonyl (C=O) groups excluding carboxylic acids is 2. The quantitative estimate of drug-likeness (QED) is 0.229. The van der Waals surface area contributed by atoms with Gasteiger partial charge in [0.05, 0.1) is 0 Å². The van der Waals surface area contributed by atoms with E-state index in [-0.39, 0.29) is 11.7 Å². The molecule has 0 aliphatic rings. The van der Waals surface area contributed by atoms with Crippen molar-refractivity contribution in [3.63, 3.8) is 0 Å². The van der Waals surface area contributed by atoms with Crippen molar-refractivity contribution in [2.75, 3.05) is 0 Å². The number of aromatic nitrogens is 2. The number of hydrazone groups is 2. The molecule has 0 aromatic carbocycles. The lowest BCUT2D eigenvalue weighted by molar-refractivity contribution is -0.129. The first-order valence-corrected chi connectivity index (χ1v) is 7.13. The van der Waals surface area contributed by atoms with E-state index in [1.165, 1.54) is 12.4 Å². The third-order valence-electron chi connectivity index (χ3n) is 2.78. The van der Waals surface area contributed by atoms with Crippen molar-refractivity contribution >= 4 is 23.5 Å². The Balaban J connectivity index is 1.83. The predicted molar refractivity (Wildman–Crippen MR) is 90.8 cm³/mol. The van der Waals surface area contributed by atoms with Crippen LogP contribution in [0.5, 0.6) is 0 Å². The number of pyridine rings is 2. The van der Waals surface area contributed by atoms with Gasteiger partial charge in [0.2, 0.25) is 11.8 Å². The summed E-state index contributed by atoms with van der Waals surface area (Å²) >= 11 is 0. The average molecular weight is 340 g/mol. The van der Waals surface area contributed by atoms with Gasteiger partial charge in [0.1, 0.15) is 17.8 Å². The first kappa shape index (κ1) is 17.5. The molecule has 10 heteroatoms. The highest BCUT2D eigenvalue weighted by Gasteiger charge is 2.09. The summed E-state index contributed by atoms with van der Waals surface area (Å²) in [6.45, 7) is 0. The minimum atomic E-state index is -0.664. The first-order chi connectivity index (χ1) is 12.1. The maximum atomic E-state index is 11.7. The summed E-state index contributed by atoms with van der Waals surface area (Å²) in [5.74, 6) is -1.29. The van der Waals surface area contributed by atoms with Crippen molar-refractivity contribution in [1.82, 2.24) is 20.8 Å². The Morgan fingerprint density at radius 2 is 1.28 bits per heavy atom. The van der Waals surface area contributed by atoms with E-state index >= 15 is 0 Å². The van der Waals surface area contributed by atoms with E-state index in [1.807, 2.05) is 0 Å². The third-order valence-corrected chi connectivity index (χ3v) is 2.78. The minimum Gasteiger partial charge on any atom is -0.380 e. The van der Waals surface area contributed by atoms with Gasteiger partial charge in [-0.3, -0.25) is 19.6 Å². The van der Waals surface area contributed by atoms with Crippen LogP contribution in [0.2, 0.25) is 0 Å². The van der Waals surface area contributed by atoms with Crippen molar-refractivity contribution in [1.29, 1.82) is 0 Å². The molecule has 25 heavy (non-hydrogen) atoms. The average Bonchev–Trinajstić information content (AvgIpc) is 2.65. The highest BCUT2D eigenvalue weighted by atomic mass is 16.2. The molecule has 2 heterocycles. The number of nitrogens with one attached hydrogen (secondary N) is 2. The van der Waals surface area contributed by atoms with Crippen molar-refractivity contribution < 1.29 is 9.59 Å². The Hall–Kier alpha value is -3.82. The molecule has 0 unspecified atom stereocenters. The fourth-order valence-corrected chi connectivity index (χ4v) is 1.61. The molecule has 0 saturated carbocycles. The Labute approximate surface area is 143 Å². The summed E-state index contributed by atoms with van der Waals surface area (Å²) in [5, 5.41) is 7.34. The molecule has 128 valence electrons. The second kappa shape index (κ2) is 8.72. The highest BCUT2D eigenvalue weighted by molar-refractivity contribution is 6.00. The number of nitrogens with two attached hydrogens (primary N) is 2. The molecule has 0 saturated heterocycles. The number of hydrogen-bond donors (Lipinski definition) is 4. The zero-order valence-corrected chi connectivity index (χ0v) is 13.1. The number of carbonyl (C=O) groups is 2. The maximum Gasteiger partial charge on any atom is 0.249 e. The monoisotopic (exact) mass is 340 g/mol. The molecular formula is C15H16N8O2. The normalized spacial score (nSPS) is 11.7. The Morgan fingerprint density at radius 1 is 0.840 bits per heavy atom. The van der Waals surface area contributed by atoms with Gasteiger partial charge in [-0.25, -0.2) is 10.9 Å². The van der Waals surface area contributed by atoms with Crippen LogP contribution in [0.4, 0.5) is 0 Å². The van der Waals surface area contributed by atoms with Gasteiger partial charge in [-0.05, 0) is 24.3 Å². The van der Waals surface area contributed by atoms with E-state index < -0.39 is 18.2 Å². The van der Waals surface area contributed by atoms with E-state index in [1.54, 1.807) is 36.4 Å². The lowest BCUT2D eigenvalue weighted by atomic mass is 10.3. The summed E-state index contributed by atoms with van der Waals surface area (Å²) in [6, 6.07) is 10.2. The number of amidine groups is 2. The van der Waals surface area contributed by atoms with Crippen LogP contribution in [0.15, 0.2) is 59.0 Å². The second-order valence-electron chi connectivity index (χ2n) is 4.67. The standard InChI is InChI=1S/C15H16N8O2/c16-14(10-5-1-3-7-18-10)22-20-12(24)9-13(25)21-23-15(17)11-6-2-4-8-19-11/h1-8H,9H2,(H2,16,22)(H2,17,23)(H,20,24)(H,21,25). The van der Waals surface area contributed by atoms with Gasteiger partial charge >= 0.3 is 0 Å². The zero-order chi connectivity index (χ0) is 18.1. The summed E-state index contributed by atoms with van der Waals surface area (Å²) in [5.41, 5.74) is 16.5. The van der Waals surface area contributed by atoms with Gasteiger partial charge in [-0.15, -0.1) is 0 Å². The summed E-state index contributed by atoms with van der Waals surface area (Å²) in [7, 11) is 0. The Morgan fingerprint density at radius 3 is 1.64 bits per heavy atom. The van der Waals surface area contributed by atoms with E-state index in [2.05, 4.69) is 31.0 Å². The van der Waals surface area contributed by atoms with Crippen LogP contribution < -0.4 is 22.3 Å². The molecule has 2 amide bonds. The van der Waals surface area contributed by atoms with Crippen molar-refractivity contribution in [2.24, 2.45) is 21.7 Å². The molecule has 0 bridgehead atoms. The van der Waals surface area contributed by atoms with Crippen LogP contribution in [0.1, 0.15) is 17.8 Å². The summed E-state index contributed by atoms with van der Waals surface area (Å²) < 4.78 is 0. The van der Waals surface area contributed by atoms with Gasteiger partial charge in [-0.2, -0.15) is 10.2 Å². The van der Waals surface area contributed by atoms with Gasteiger partial charge in [0.15, 0.2) is 11.7 Å². The van der Waals surface area contributed by atoms with Crippen LogP contribution in [0.3, 0.4) is 0 Å². The molecule has 0 radical (unpaired) electrons. The van der Waals surface area contributed by atoms with Crippen molar-refractivity contribution in [2.45, 2.75) is 6.42 Å². The molecule has 2 aromatic rings. The van der Waals surface area contributed by atoms with Crippen molar-refractivity contribution in [3.8, 4) is 0 Å². The van der Waals surface area contributed by atoms with Crippen LogP contribution in [0, 0.1) is 0 Å². The smallest absolute Gasteiger partial charge is 0.249 e. The van der Waals surface area contributed by atoms with Gasteiger partial charge in [0, 0.05) is 12.4 Å². The zero-order valence-electron chi connectivity index (χ0n) is 13.1. The molecule has 2 rings (SSSR count). The molecule has 2 aromatic heterocycles. The molecule has 6 N–H and O–H groups in total. The predicted octanol–water partition coefficient (Wildman–Crippen LogP) is -0.960. The molecule has 0 aliphatic heterocycles. The number of amides is 2. The Bertz CT molecular complexity index is 722. The van der Waals surface area contributed by atoms with Crippen LogP contribution in [-0.4, -0.2) is 33.5 Å².